The Morgan fingerprint density at radius 1 is 1.07 bits per heavy atom. The summed E-state index contributed by atoms with van der Waals surface area (Å²) in [4.78, 5) is 23.3. The monoisotopic (exact) mass is 400 g/mol. The van der Waals surface area contributed by atoms with Crippen LogP contribution in [0.3, 0.4) is 0 Å². The molecule has 1 atom stereocenters. The highest BCUT2D eigenvalue weighted by Gasteiger charge is 2.31. The third kappa shape index (κ3) is 7.18. The zero-order chi connectivity index (χ0) is 20.0. The standard InChI is InChI=1S/C18H15ClF3NO4/c19-13-3-1-11(2-4-13)9-12(10-16(24)25)17(26)23-14-5-7-15(8-6-14)27-18(20,21)22/h1-8,12H,9-10H2,(H,23,26)(H,24,25)/p-1/t12-/m1/s1. The number of hydrogen-bond acceptors (Lipinski definition) is 4. The number of carboxylic acid groups (broad SMARTS) is 1. The minimum Gasteiger partial charge on any atom is -0.550 e. The topological polar surface area (TPSA) is 78.5 Å². The molecule has 0 spiro atoms. The number of rotatable bonds is 7. The van der Waals surface area contributed by atoms with Crippen LogP contribution in [0.4, 0.5) is 18.9 Å². The first-order valence-corrected chi connectivity index (χ1v) is 8.11. The van der Waals surface area contributed by atoms with Crippen LogP contribution in [-0.4, -0.2) is 18.2 Å². The number of carbonyl (C=O) groups excluding carboxylic acids is 2. The van der Waals surface area contributed by atoms with Crippen LogP contribution in [0, 0.1) is 5.92 Å². The maximum Gasteiger partial charge on any atom is 0.573 e. The molecule has 2 aromatic carbocycles. The summed E-state index contributed by atoms with van der Waals surface area (Å²) in [6.07, 6.45) is -5.20. The molecule has 0 saturated heterocycles. The molecular formula is C18H14ClF3NO4-. The zero-order valence-corrected chi connectivity index (χ0v) is 14.5. The fourth-order valence-electron chi connectivity index (χ4n) is 2.35. The van der Waals surface area contributed by atoms with Crippen molar-refractivity contribution in [3.05, 3.63) is 59.1 Å². The highest BCUT2D eigenvalue weighted by molar-refractivity contribution is 6.30. The Morgan fingerprint density at radius 2 is 1.67 bits per heavy atom. The summed E-state index contributed by atoms with van der Waals surface area (Å²) in [5, 5.41) is 13.9. The third-order valence-electron chi connectivity index (χ3n) is 3.53. The van der Waals surface area contributed by atoms with Gasteiger partial charge in [-0.3, -0.25) is 4.79 Å². The number of benzene rings is 2. The summed E-state index contributed by atoms with van der Waals surface area (Å²) in [6.45, 7) is 0. The van der Waals surface area contributed by atoms with Gasteiger partial charge in [-0.15, -0.1) is 13.2 Å². The maximum absolute atomic E-state index is 12.4. The summed E-state index contributed by atoms with van der Waals surface area (Å²) >= 11 is 5.79. The number of hydrogen-bond donors (Lipinski definition) is 1. The van der Waals surface area contributed by atoms with Crippen LogP contribution in [0.2, 0.25) is 5.02 Å². The number of amides is 1. The molecule has 1 N–H and O–H groups in total. The largest absolute Gasteiger partial charge is 0.573 e. The van der Waals surface area contributed by atoms with E-state index in [1.54, 1.807) is 24.3 Å². The van der Waals surface area contributed by atoms with Gasteiger partial charge in [0.25, 0.3) is 0 Å². The Labute approximate surface area is 157 Å². The van der Waals surface area contributed by atoms with Crippen molar-refractivity contribution in [1.29, 1.82) is 0 Å². The summed E-state index contributed by atoms with van der Waals surface area (Å²) in [6, 6.07) is 11.1. The van der Waals surface area contributed by atoms with E-state index in [2.05, 4.69) is 10.1 Å². The molecule has 0 radical (unpaired) electrons. The summed E-state index contributed by atoms with van der Waals surface area (Å²) < 4.78 is 40.2. The van der Waals surface area contributed by atoms with Crippen molar-refractivity contribution in [2.45, 2.75) is 19.2 Å². The normalized spacial score (nSPS) is 12.3. The Bertz CT molecular complexity index is 792. The predicted molar refractivity (Wildman–Crippen MR) is 90.0 cm³/mol. The first-order valence-electron chi connectivity index (χ1n) is 7.73. The lowest BCUT2D eigenvalue weighted by molar-refractivity contribution is -0.306. The second-order valence-corrected chi connectivity index (χ2v) is 6.10. The van der Waals surface area contributed by atoms with Crippen LogP contribution in [0.1, 0.15) is 12.0 Å². The van der Waals surface area contributed by atoms with Crippen molar-refractivity contribution in [2.24, 2.45) is 5.92 Å². The van der Waals surface area contributed by atoms with Gasteiger partial charge in [-0.25, -0.2) is 0 Å². The van der Waals surface area contributed by atoms with Crippen molar-refractivity contribution >= 4 is 29.2 Å². The highest BCUT2D eigenvalue weighted by atomic mass is 35.5. The zero-order valence-electron chi connectivity index (χ0n) is 13.8. The number of ether oxygens (including phenoxy) is 1. The Hall–Kier alpha value is -2.74. The van der Waals surface area contributed by atoms with Crippen molar-refractivity contribution in [1.82, 2.24) is 0 Å². The molecule has 0 aromatic heterocycles. The molecule has 0 aliphatic heterocycles. The minimum absolute atomic E-state index is 0.131. The average Bonchev–Trinajstić information content (AvgIpc) is 2.56. The Morgan fingerprint density at radius 3 is 2.19 bits per heavy atom. The third-order valence-corrected chi connectivity index (χ3v) is 3.79. The molecule has 2 aromatic rings. The van der Waals surface area contributed by atoms with Crippen LogP contribution >= 0.6 is 11.6 Å². The predicted octanol–water partition coefficient (Wildman–Crippen LogP) is 3.18. The van der Waals surface area contributed by atoms with E-state index in [1.165, 1.54) is 12.1 Å². The van der Waals surface area contributed by atoms with E-state index in [9.17, 15) is 27.9 Å². The lowest BCUT2D eigenvalue weighted by Gasteiger charge is -2.18. The molecule has 0 saturated carbocycles. The molecule has 0 aliphatic rings. The summed E-state index contributed by atoms with van der Waals surface area (Å²) in [5.74, 6) is -3.35. The smallest absolute Gasteiger partial charge is 0.550 e. The van der Waals surface area contributed by atoms with Crippen molar-refractivity contribution < 1.29 is 32.6 Å². The Kier molecular flexibility index (Phi) is 6.68. The van der Waals surface area contributed by atoms with Gasteiger partial charge in [0.2, 0.25) is 5.91 Å². The van der Waals surface area contributed by atoms with Gasteiger partial charge in [0, 0.05) is 22.6 Å². The molecule has 0 aliphatic carbocycles. The van der Waals surface area contributed by atoms with Crippen LogP contribution in [0.5, 0.6) is 5.75 Å². The van der Waals surface area contributed by atoms with Crippen molar-refractivity contribution in [2.75, 3.05) is 5.32 Å². The van der Waals surface area contributed by atoms with E-state index in [4.69, 9.17) is 11.6 Å². The molecule has 5 nitrogen and oxygen atoms in total. The van der Waals surface area contributed by atoms with Crippen LogP contribution in [0.15, 0.2) is 48.5 Å². The van der Waals surface area contributed by atoms with Gasteiger partial charge in [-0.05, 0) is 54.8 Å². The lowest BCUT2D eigenvalue weighted by atomic mass is 9.95. The van der Waals surface area contributed by atoms with E-state index in [0.29, 0.717) is 10.6 Å². The fourth-order valence-corrected chi connectivity index (χ4v) is 2.47. The van der Waals surface area contributed by atoms with Gasteiger partial charge in [-0.1, -0.05) is 23.7 Å². The van der Waals surface area contributed by atoms with E-state index < -0.39 is 36.3 Å². The van der Waals surface area contributed by atoms with Crippen LogP contribution in [0.25, 0.3) is 0 Å². The average molecular weight is 401 g/mol. The van der Waals surface area contributed by atoms with E-state index >= 15 is 0 Å². The van der Waals surface area contributed by atoms with Gasteiger partial charge >= 0.3 is 6.36 Å². The van der Waals surface area contributed by atoms with Crippen LogP contribution < -0.4 is 15.2 Å². The van der Waals surface area contributed by atoms with Gasteiger partial charge in [-0.2, -0.15) is 0 Å². The molecular weight excluding hydrogens is 387 g/mol. The van der Waals surface area contributed by atoms with Crippen molar-refractivity contribution in [3.8, 4) is 5.75 Å². The van der Waals surface area contributed by atoms with Gasteiger partial charge < -0.3 is 20.0 Å². The van der Waals surface area contributed by atoms with E-state index in [1.807, 2.05) is 0 Å². The Balaban J connectivity index is 2.06. The van der Waals surface area contributed by atoms with E-state index in [0.717, 1.165) is 12.1 Å². The molecule has 144 valence electrons. The number of alkyl halides is 3. The molecule has 2 rings (SSSR count). The second-order valence-electron chi connectivity index (χ2n) is 5.67. The number of halogens is 4. The molecule has 1 amide bonds. The number of anilines is 1. The molecule has 0 unspecified atom stereocenters. The fraction of sp³-hybridized carbons (Fsp3) is 0.222. The first kappa shape index (κ1) is 20.6. The molecule has 0 bridgehead atoms. The lowest BCUT2D eigenvalue weighted by Crippen LogP contribution is -2.32. The minimum atomic E-state index is -4.82. The number of nitrogens with one attached hydrogen (secondary N) is 1. The molecule has 9 heteroatoms. The number of carbonyl (C=O) groups is 2. The summed E-state index contributed by atoms with van der Waals surface area (Å²) in [5.41, 5.74) is 0.906. The molecule has 27 heavy (non-hydrogen) atoms. The van der Waals surface area contributed by atoms with Crippen molar-refractivity contribution in [3.63, 3.8) is 0 Å². The van der Waals surface area contributed by atoms with Gasteiger partial charge in [0.15, 0.2) is 0 Å². The highest BCUT2D eigenvalue weighted by Crippen LogP contribution is 2.24. The quantitative estimate of drug-likeness (QED) is 0.774. The molecule has 0 fully saturated rings. The summed E-state index contributed by atoms with van der Waals surface area (Å²) in [7, 11) is 0. The van der Waals surface area contributed by atoms with Gasteiger partial charge in [0.1, 0.15) is 5.75 Å². The number of aliphatic carboxylic acids is 1. The maximum atomic E-state index is 12.4. The SMILES string of the molecule is O=C([O-])C[C@@H](Cc1ccc(Cl)cc1)C(=O)Nc1ccc(OC(F)(F)F)cc1. The second kappa shape index (κ2) is 8.77. The molecule has 0 heterocycles. The van der Waals surface area contributed by atoms with Crippen LogP contribution in [-0.2, 0) is 16.0 Å². The van der Waals surface area contributed by atoms with E-state index in [-0.39, 0.29) is 12.1 Å². The first-order chi connectivity index (χ1) is 12.6. The number of carboxylic acids is 1. The van der Waals surface area contributed by atoms with Gasteiger partial charge in [0.05, 0.1) is 0 Å².